The highest BCUT2D eigenvalue weighted by molar-refractivity contribution is 5.95. The maximum absolute atomic E-state index is 12.0. The van der Waals surface area contributed by atoms with E-state index >= 15 is 0 Å². The van der Waals surface area contributed by atoms with Crippen LogP contribution in [0.3, 0.4) is 0 Å². The lowest BCUT2D eigenvalue weighted by molar-refractivity contribution is -0.137. The molecule has 2 aromatic rings. The maximum Gasteiger partial charge on any atom is 0.331 e. The van der Waals surface area contributed by atoms with Crippen LogP contribution in [0.4, 0.5) is 0 Å². The van der Waals surface area contributed by atoms with Crippen molar-refractivity contribution in [3.8, 4) is 5.75 Å². The smallest absolute Gasteiger partial charge is 0.331 e. The molecule has 0 bridgehead atoms. The zero-order valence-corrected chi connectivity index (χ0v) is 15.2. The molecular weight excluding hydrogens is 332 g/mol. The van der Waals surface area contributed by atoms with Crippen LogP contribution >= 0.6 is 0 Å². The van der Waals surface area contributed by atoms with Gasteiger partial charge in [0.25, 0.3) is 0 Å². The molecule has 1 aromatic heterocycles. The fraction of sp³-hybridized carbons (Fsp3) is 0.400. The molecule has 0 aliphatic carbocycles. The lowest BCUT2D eigenvalue weighted by Gasteiger charge is -2.23. The zero-order valence-electron chi connectivity index (χ0n) is 15.2. The van der Waals surface area contributed by atoms with Crippen LogP contribution in [-0.2, 0) is 21.3 Å². The summed E-state index contributed by atoms with van der Waals surface area (Å²) in [6, 6.07) is 7.60. The summed E-state index contributed by atoms with van der Waals surface area (Å²) in [5.74, 6) is 1.06. The van der Waals surface area contributed by atoms with E-state index in [1.807, 2.05) is 42.1 Å². The van der Waals surface area contributed by atoms with Gasteiger partial charge in [0.05, 0.1) is 13.2 Å². The lowest BCUT2D eigenvalue weighted by Crippen LogP contribution is -2.24. The molecule has 26 heavy (non-hydrogen) atoms. The van der Waals surface area contributed by atoms with E-state index in [-0.39, 0.29) is 12.3 Å². The quantitative estimate of drug-likeness (QED) is 0.587. The van der Waals surface area contributed by atoms with Gasteiger partial charge in [0.1, 0.15) is 11.6 Å². The number of benzene rings is 1. The van der Waals surface area contributed by atoms with Crippen molar-refractivity contribution in [2.45, 2.75) is 32.5 Å². The van der Waals surface area contributed by atoms with E-state index in [0.29, 0.717) is 18.0 Å². The molecule has 2 heterocycles. The number of imidazole rings is 1. The molecule has 1 aliphatic heterocycles. The SMILES string of the molecule is CCOC(=O)C=C(c1ccc(OC2CCCCO2)cc1)c1nccn1C. The van der Waals surface area contributed by atoms with E-state index in [4.69, 9.17) is 14.2 Å². The summed E-state index contributed by atoms with van der Waals surface area (Å²) in [5.41, 5.74) is 1.57. The molecule has 1 aliphatic rings. The van der Waals surface area contributed by atoms with Crippen molar-refractivity contribution >= 4 is 11.5 Å². The number of hydrogen-bond donors (Lipinski definition) is 0. The second kappa shape index (κ2) is 8.67. The van der Waals surface area contributed by atoms with Gasteiger partial charge in [-0.15, -0.1) is 0 Å². The third kappa shape index (κ3) is 4.52. The van der Waals surface area contributed by atoms with Gasteiger partial charge in [0.15, 0.2) is 6.29 Å². The summed E-state index contributed by atoms with van der Waals surface area (Å²) in [7, 11) is 1.89. The molecule has 0 N–H and O–H groups in total. The molecule has 6 nitrogen and oxygen atoms in total. The summed E-state index contributed by atoms with van der Waals surface area (Å²) >= 11 is 0. The Morgan fingerprint density at radius 1 is 1.35 bits per heavy atom. The molecule has 1 fully saturated rings. The van der Waals surface area contributed by atoms with Crippen molar-refractivity contribution in [2.24, 2.45) is 7.05 Å². The molecule has 1 atom stereocenters. The first-order chi connectivity index (χ1) is 12.7. The second-order valence-corrected chi connectivity index (χ2v) is 6.11. The third-order valence-corrected chi connectivity index (χ3v) is 4.18. The number of carbonyl (C=O) groups is 1. The van der Waals surface area contributed by atoms with Gasteiger partial charge in [-0.3, -0.25) is 0 Å². The largest absolute Gasteiger partial charge is 0.465 e. The average molecular weight is 356 g/mol. The highest BCUT2D eigenvalue weighted by Gasteiger charge is 2.16. The minimum Gasteiger partial charge on any atom is -0.465 e. The van der Waals surface area contributed by atoms with Crippen LogP contribution in [0.25, 0.3) is 5.57 Å². The topological polar surface area (TPSA) is 62.6 Å². The van der Waals surface area contributed by atoms with Crippen molar-refractivity contribution in [2.75, 3.05) is 13.2 Å². The molecule has 1 aromatic carbocycles. The summed E-state index contributed by atoms with van der Waals surface area (Å²) in [4.78, 5) is 16.3. The average Bonchev–Trinajstić information content (AvgIpc) is 3.07. The Morgan fingerprint density at radius 3 is 2.77 bits per heavy atom. The molecule has 0 amide bonds. The summed E-state index contributed by atoms with van der Waals surface area (Å²) < 4.78 is 18.4. The second-order valence-electron chi connectivity index (χ2n) is 6.11. The monoisotopic (exact) mass is 356 g/mol. The van der Waals surface area contributed by atoms with Crippen LogP contribution < -0.4 is 4.74 Å². The van der Waals surface area contributed by atoms with Crippen LogP contribution in [0.15, 0.2) is 42.7 Å². The lowest BCUT2D eigenvalue weighted by atomic mass is 10.0. The highest BCUT2D eigenvalue weighted by atomic mass is 16.7. The number of carbonyl (C=O) groups excluding carboxylic acids is 1. The first-order valence-corrected chi connectivity index (χ1v) is 8.92. The van der Waals surface area contributed by atoms with Crippen molar-refractivity contribution in [1.29, 1.82) is 0 Å². The predicted octanol–water partition coefficient (Wildman–Crippen LogP) is 3.32. The van der Waals surface area contributed by atoms with E-state index in [1.165, 1.54) is 6.08 Å². The Labute approximate surface area is 153 Å². The Bertz CT molecular complexity index is 758. The van der Waals surface area contributed by atoms with Gasteiger partial charge in [0, 0.05) is 37.5 Å². The Morgan fingerprint density at radius 2 is 2.15 bits per heavy atom. The fourth-order valence-corrected chi connectivity index (χ4v) is 2.87. The molecular formula is C20H24N2O4. The van der Waals surface area contributed by atoms with Gasteiger partial charge in [-0.1, -0.05) is 12.1 Å². The first-order valence-electron chi connectivity index (χ1n) is 8.92. The van der Waals surface area contributed by atoms with Gasteiger partial charge in [0.2, 0.25) is 0 Å². The van der Waals surface area contributed by atoms with Crippen molar-refractivity contribution < 1.29 is 19.0 Å². The number of ether oxygens (including phenoxy) is 3. The summed E-state index contributed by atoms with van der Waals surface area (Å²) in [6.45, 7) is 2.86. The van der Waals surface area contributed by atoms with Crippen LogP contribution in [0, 0.1) is 0 Å². The molecule has 6 heteroatoms. The number of aryl methyl sites for hydroxylation is 1. The van der Waals surface area contributed by atoms with Crippen LogP contribution in [0.5, 0.6) is 5.75 Å². The van der Waals surface area contributed by atoms with E-state index in [2.05, 4.69) is 4.98 Å². The molecule has 1 unspecified atom stereocenters. The van der Waals surface area contributed by atoms with Crippen LogP contribution in [-0.4, -0.2) is 35.0 Å². The summed E-state index contributed by atoms with van der Waals surface area (Å²) in [5, 5.41) is 0. The Kier molecular flexibility index (Phi) is 6.07. The molecule has 0 spiro atoms. The third-order valence-electron chi connectivity index (χ3n) is 4.18. The number of nitrogens with zero attached hydrogens (tertiary/aromatic N) is 2. The number of hydrogen-bond acceptors (Lipinski definition) is 5. The normalized spacial score (nSPS) is 17.8. The van der Waals surface area contributed by atoms with E-state index in [0.717, 1.165) is 37.2 Å². The van der Waals surface area contributed by atoms with Gasteiger partial charge in [-0.2, -0.15) is 0 Å². The molecule has 0 saturated carbocycles. The Hall–Kier alpha value is -2.60. The van der Waals surface area contributed by atoms with Crippen LogP contribution in [0.2, 0.25) is 0 Å². The van der Waals surface area contributed by atoms with E-state index < -0.39 is 0 Å². The summed E-state index contributed by atoms with van der Waals surface area (Å²) in [6.07, 6.45) is 7.95. The van der Waals surface area contributed by atoms with Crippen LogP contribution in [0.1, 0.15) is 37.6 Å². The Balaban J connectivity index is 1.82. The molecule has 138 valence electrons. The minimum absolute atomic E-state index is 0.182. The van der Waals surface area contributed by atoms with E-state index in [9.17, 15) is 4.79 Å². The number of aromatic nitrogens is 2. The predicted molar refractivity (Wildman–Crippen MR) is 97.6 cm³/mol. The first kappa shape index (κ1) is 18.2. The fourth-order valence-electron chi connectivity index (χ4n) is 2.87. The number of esters is 1. The van der Waals surface area contributed by atoms with Gasteiger partial charge < -0.3 is 18.8 Å². The maximum atomic E-state index is 12.0. The number of rotatable bonds is 6. The zero-order chi connectivity index (χ0) is 18.4. The van der Waals surface area contributed by atoms with Gasteiger partial charge in [-0.25, -0.2) is 9.78 Å². The molecule has 3 rings (SSSR count). The molecule has 0 radical (unpaired) electrons. The highest BCUT2D eigenvalue weighted by Crippen LogP contribution is 2.26. The van der Waals surface area contributed by atoms with E-state index in [1.54, 1.807) is 13.1 Å². The standard InChI is InChI=1S/C20H24N2O4/c1-3-24-18(23)14-17(20-21-11-12-22(20)2)15-7-9-16(10-8-15)26-19-6-4-5-13-25-19/h7-12,14,19H,3-6,13H2,1-2H3. The minimum atomic E-state index is -0.388. The van der Waals surface area contributed by atoms with Gasteiger partial charge in [-0.05, 0) is 37.5 Å². The molecule has 1 saturated heterocycles. The van der Waals surface area contributed by atoms with Crippen molar-refractivity contribution in [3.05, 3.63) is 54.1 Å². The van der Waals surface area contributed by atoms with Crippen molar-refractivity contribution in [3.63, 3.8) is 0 Å². The van der Waals surface area contributed by atoms with Crippen molar-refractivity contribution in [1.82, 2.24) is 9.55 Å². The van der Waals surface area contributed by atoms with Gasteiger partial charge >= 0.3 is 5.97 Å².